The van der Waals surface area contributed by atoms with Gasteiger partial charge in [0, 0.05) is 37.4 Å². The molecule has 172 valence electrons. The van der Waals surface area contributed by atoms with Gasteiger partial charge in [-0.15, -0.1) is 0 Å². The van der Waals surface area contributed by atoms with Crippen molar-refractivity contribution in [3.8, 4) is 0 Å². The first-order valence-electron chi connectivity index (χ1n) is 10.5. The van der Waals surface area contributed by atoms with Crippen LogP contribution in [0.1, 0.15) is 21.5 Å². The van der Waals surface area contributed by atoms with Crippen molar-refractivity contribution in [2.24, 2.45) is 0 Å². The lowest BCUT2D eigenvalue weighted by atomic mass is 10.1. The number of carbonyl (C=O) groups excluding carboxylic acids is 2. The maximum absolute atomic E-state index is 12.5. The molecule has 0 radical (unpaired) electrons. The van der Waals surface area contributed by atoms with Gasteiger partial charge in [-0.3, -0.25) is 14.5 Å². The van der Waals surface area contributed by atoms with Gasteiger partial charge in [0.2, 0.25) is 5.91 Å². The van der Waals surface area contributed by atoms with E-state index in [4.69, 9.17) is 4.74 Å². The van der Waals surface area contributed by atoms with Crippen LogP contribution >= 0.6 is 0 Å². The molecule has 0 spiro atoms. The van der Waals surface area contributed by atoms with E-state index < -0.39 is 21.5 Å². The van der Waals surface area contributed by atoms with Gasteiger partial charge in [0.05, 0.1) is 19.0 Å². The van der Waals surface area contributed by atoms with E-state index >= 15 is 0 Å². The Morgan fingerprint density at radius 1 is 1.06 bits per heavy atom. The van der Waals surface area contributed by atoms with Crippen LogP contribution in [-0.4, -0.2) is 70.3 Å². The van der Waals surface area contributed by atoms with Crippen LogP contribution in [0, 0.1) is 6.92 Å². The van der Waals surface area contributed by atoms with Gasteiger partial charge in [0.25, 0.3) is 5.91 Å². The van der Waals surface area contributed by atoms with Crippen molar-refractivity contribution in [1.29, 1.82) is 0 Å². The van der Waals surface area contributed by atoms with E-state index in [1.165, 1.54) is 0 Å². The lowest BCUT2D eigenvalue weighted by molar-refractivity contribution is -0.113. The molecule has 1 aliphatic heterocycles. The summed E-state index contributed by atoms with van der Waals surface area (Å²) < 4.78 is 30.3. The molecule has 2 N–H and O–H groups in total. The highest BCUT2D eigenvalue weighted by molar-refractivity contribution is 7.91. The highest BCUT2D eigenvalue weighted by Crippen LogP contribution is 2.12. The van der Waals surface area contributed by atoms with E-state index in [2.05, 4.69) is 15.5 Å². The molecule has 0 aliphatic carbocycles. The Labute approximate surface area is 188 Å². The quantitative estimate of drug-likeness (QED) is 0.590. The zero-order valence-corrected chi connectivity index (χ0v) is 19.0. The molecule has 9 heteroatoms. The summed E-state index contributed by atoms with van der Waals surface area (Å²) in [6.45, 7) is 6.26. The van der Waals surface area contributed by atoms with Gasteiger partial charge in [-0.1, -0.05) is 29.8 Å². The minimum absolute atomic E-state index is 0.255. The maximum atomic E-state index is 12.5. The first kappa shape index (κ1) is 23.9. The fourth-order valence-electron chi connectivity index (χ4n) is 3.40. The number of carbonyl (C=O) groups is 2. The minimum Gasteiger partial charge on any atom is -0.379 e. The molecular formula is C23H29N3O5S. The molecule has 32 heavy (non-hydrogen) atoms. The highest BCUT2D eigenvalue weighted by atomic mass is 32.2. The number of anilines is 1. The molecule has 3 rings (SSSR count). The molecule has 0 saturated carbocycles. The summed E-state index contributed by atoms with van der Waals surface area (Å²) in [5, 5.41) is 5.46. The zero-order valence-electron chi connectivity index (χ0n) is 18.2. The molecule has 1 heterocycles. The topological polar surface area (TPSA) is 105 Å². The molecule has 0 bridgehead atoms. The third kappa shape index (κ3) is 7.74. The van der Waals surface area contributed by atoms with Crippen LogP contribution < -0.4 is 10.6 Å². The number of nitrogens with one attached hydrogen (secondary N) is 2. The van der Waals surface area contributed by atoms with E-state index in [9.17, 15) is 18.0 Å². The summed E-state index contributed by atoms with van der Waals surface area (Å²) in [5.74, 6) is -1.79. The first-order valence-corrected chi connectivity index (χ1v) is 12.4. The van der Waals surface area contributed by atoms with Gasteiger partial charge < -0.3 is 15.4 Å². The number of ether oxygens (including phenoxy) is 1. The van der Waals surface area contributed by atoms with Crippen molar-refractivity contribution < 1.29 is 22.7 Å². The summed E-state index contributed by atoms with van der Waals surface area (Å²) in [5.41, 5.74) is 2.45. The second-order valence-corrected chi connectivity index (χ2v) is 9.92. The van der Waals surface area contributed by atoms with Crippen LogP contribution in [0.25, 0.3) is 0 Å². The standard InChI is InChI=1S/C23H29N3O5S/c1-18-5-7-21(8-6-18)25-22(27)17-32(29,30)16-19-3-2-4-20(15-19)23(28)24-9-10-26-11-13-31-14-12-26/h2-8,15H,9-14,16-17H2,1H3,(H,24,28)(H,25,27). The summed E-state index contributed by atoms with van der Waals surface area (Å²) in [7, 11) is -3.70. The van der Waals surface area contributed by atoms with Crippen molar-refractivity contribution in [1.82, 2.24) is 10.2 Å². The molecule has 1 saturated heterocycles. The van der Waals surface area contributed by atoms with Crippen molar-refractivity contribution in [3.05, 3.63) is 65.2 Å². The molecule has 0 aromatic heterocycles. The Bertz CT molecular complexity index is 1030. The number of hydrogen-bond acceptors (Lipinski definition) is 6. The van der Waals surface area contributed by atoms with Crippen molar-refractivity contribution >= 4 is 27.3 Å². The van der Waals surface area contributed by atoms with Gasteiger partial charge in [-0.05, 0) is 36.8 Å². The molecule has 1 aliphatic rings. The summed E-state index contributed by atoms with van der Waals surface area (Å²) in [6.07, 6.45) is 0. The van der Waals surface area contributed by atoms with Crippen molar-refractivity contribution in [2.45, 2.75) is 12.7 Å². The molecule has 0 atom stereocenters. The van der Waals surface area contributed by atoms with Gasteiger partial charge in [0.1, 0.15) is 5.75 Å². The highest BCUT2D eigenvalue weighted by Gasteiger charge is 2.19. The summed E-state index contributed by atoms with van der Waals surface area (Å²) in [4.78, 5) is 26.8. The molecule has 2 aromatic carbocycles. The molecule has 1 fully saturated rings. The smallest absolute Gasteiger partial charge is 0.251 e. The van der Waals surface area contributed by atoms with E-state index in [0.29, 0.717) is 36.6 Å². The third-order valence-electron chi connectivity index (χ3n) is 5.08. The normalized spacial score (nSPS) is 14.7. The van der Waals surface area contributed by atoms with E-state index in [-0.39, 0.29) is 11.7 Å². The number of benzene rings is 2. The number of aryl methyl sites for hydroxylation is 1. The average molecular weight is 460 g/mol. The minimum atomic E-state index is -3.70. The Balaban J connectivity index is 1.51. The Morgan fingerprint density at radius 3 is 2.50 bits per heavy atom. The number of rotatable bonds is 9. The van der Waals surface area contributed by atoms with Crippen LogP contribution in [0.3, 0.4) is 0 Å². The molecule has 2 aromatic rings. The van der Waals surface area contributed by atoms with Gasteiger partial charge in [-0.25, -0.2) is 8.42 Å². The van der Waals surface area contributed by atoms with Crippen LogP contribution in [0.4, 0.5) is 5.69 Å². The number of nitrogens with zero attached hydrogens (tertiary/aromatic N) is 1. The van der Waals surface area contributed by atoms with Crippen molar-refractivity contribution in [2.75, 3.05) is 50.5 Å². The summed E-state index contributed by atoms with van der Waals surface area (Å²) in [6, 6.07) is 13.6. The van der Waals surface area contributed by atoms with E-state index in [1.807, 2.05) is 19.1 Å². The number of hydrogen-bond donors (Lipinski definition) is 2. The second-order valence-electron chi connectivity index (χ2n) is 7.86. The predicted molar refractivity (Wildman–Crippen MR) is 123 cm³/mol. The summed E-state index contributed by atoms with van der Waals surface area (Å²) >= 11 is 0. The van der Waals surface area contributed by atoms with Crippen LogP contribution in [0.5, 0.6) is 0 Å². The first-order chi connectivity index (χ1) is 15.3. The fourth-order valence-corrected chi connectivity index (χ4v) is 4.66. The maximum Gasteiger partial charge on any atom is 0.251 e. The van der Waals surface area contributed by atoms with Crippen LogP contribution in [-0.2, 0) is 25.1 Å². The lowest BCUT2D eigenvalue weighted by Crippen LogP contribution is -2.41. The number of amides is 2. The lowest BCUT2D eigenvalue weighted by Gasteiger charge is -2.26. The monoisotopic (exact) mass is 459 g/mol. The Hall–Kier alpha value is -2.75. The molecule has 2 amide bonds. The van der Waals surface area contributed by atoms with E-state index in [1.54, 1.807) is 36.4 Å². The molecule has 0 unspecified atom stereocenters. The Kier molecular flexibility index (Phi) is 8.38. The van der Waals surface area contributed by atoms with E-state index in [0.717, 1.165) is 25.2 Å². The molecular weight excluding hydrogens is 430 g/mol. The van der Waals surface area contributed by atoms with Gasteiger partial charge >= 0.3 is 0 Å². The molecule has 8 nitrogen and oxygen atoms in total. The van der Waals surface area contributed by atoms with Crippen LogP contribution in [0.2, 0.25) is 0 Å². The Morgan fingerprint density at radius 2 is 1.78 bits per heavy atom. The zero-order chi connectivity index (χ0) is 23.0. The van der Waals surface area contributed by atoms with Gasteiger partial charge in [0.15, 0.2) is 9.84 Å². The SMILES string of the molecule is Cc1ccc(NC(=O)CS(=O)(=O)Cc2cccc(C(=O)NCCN3CCOCC3)c2)cc1. The average Bonchev–Trinajstić information content (AvgIpc) is 2.75. The van der Waals surface area contributed by atoms with Gasteiger partial charge in [-0.2, -0.15) is 0 Å². The van der Waals surface area contributed by atoms with Crippen molar-refractivity contribution in [3.63, 3.8) is 0 Å². The number of sulfone groups is 1. The second kappa shape index (κ2) is 11.2. The van der Waals surface area contributed by atoms with Crippen LogP contribution in [0.15, 0.2) is 48.5 Å². The predicted octanol–water partition coefficient (Wildman–Crippen LogP) is 1.61. The fraction of sp³-hybridized carbons (Fsp3) is 0.391. The number of morpholine rings is 1. The third-order valence-corrected chi connectivity index (χ3v) is 6.55. The largest absolute Gasteiger partial charge is 0.379 e.